The molecule has 6 heteroatoms. The van der Waals surface area contributed by atoms with Gasteiger partial charge in [-0.05, 0) is 59.4 Å². The molecule has 2 rings (SSSR count). The lowest BCUT2D eigenvalue weighted by Crippen LogP contribution is -2.43. The Kier molecular flexibility index (Phi) is 5.20. The van der Waals surface area contributed by atoms with Gasteiger partial charge in [0, 0.05) is 17.6 Å². The SMILES string of the molecule is CN(c1ccc(C(F)(F)F)cc1Br)C1CCCCC1CN. The Morgan fingerprint density at radius 2 is 1.95 bits per heavy atom. The summed E-state index contributed by atoms with van der Waals surface area (Å²) in [5.41, 5.74) is 5.99. The Labute approximate surface area is 131 Å². The van der Waals surface area contributed by atoms with Crippen molar-refractivity contribution in [3.63, 3.8) is 0 Å². The van der Waals surface area contributed by atoms with Gasteiger partial charge < -0.3 is 10.6 Å². The van der Waals surface area contributed by atoms with Crippen molar-refractivity contribution in [2.45, 2.75) is 37.9 Å². The standard InChI is InChI=1S/C15H20BrF3N2/c1-21(13-5-3-2-4-10(13)9-20)14-7-6-11(8-12(14)16)15(17,18)19/h6-8,10,13H,2-5,9,20H2,1H3. The fraction of sp³-hybridized carbons (Fsp3) is 0.600. The zero-order valence-electron chi connectivity index (χ0n) is 12.0. The maximum Gasteiger partial charge on any atom is 0.416 e. The molecule has 118 valence electrons. The summed E-state index contributed by atoms with van der Waals surface area (Å²) in [5, 5.41) is 0. The minimum absolute atomic E-state index is 0.289. The molecule has 1 aliphatic carbocycles. The van der Waals surface area contributed by atoms with E-state index in [0.29, 0.717) is 16.9 Å². The van der Waals surface area contributed by atoms with Crippen molar-refractivity contribution in [1.82, 2.24) is 0 Å². The van der Waals surface area contributed by atoms with E-state index >= 15 is 0 Å². The first-order valence-electron chi connectivity index (χ1n) is 7.14. The minimum Gasteiger partial charge on any atom is -0.370 e. The van der Waals surface area contributed by atoms with Crippen molar-refractivity contribution < 1.29 is 13.2 Å². The molecule has 0 amide bonds. The zero-order chi connectivity index (χ0) is 15.6. The molecule has 1 aromatic rings. The maximum atomic E-state index is 12.7. The Hall–Kier alpha value is -0.750. The van der Waals surface area contributed by atoms with Crippen LogP contribution in [0.1, 0.15) is 31.2 Å². The number of halogens is 4. The minimum atomic E-state index is -4.32. The number of anilines is 1. The first-order valence-corrected chi connectivity index (χ1v) is 7.93. The second-order valence-electron chi connectivity index (χ2n) is 5.62. The molecule has 2 unspecified atom stereocenters. The molecule has 2 atom stereocenters. The number of hydrogen-bond donors (Lipinski definition) is 1. The molecule has 2 N–H and O–H groups in total. The number of hydrogen-bond acceptors (Lipinski definition) is 2. The predicted octanol–water partition coefficient (Wildman–Crippen LogP) is 4.42. The van der Waals surface area contributed by atoms with Crippen LogP contribution < -0.4 is 10.6 Å². The van der Waals surface area contributed by atoms with Gasteiger partial charge in [-0.1, -0.05) is 12.8 Å². The molecule has 0 radical (unpaired) electrons. The normalized spacial score (nSPS) is 23.1. The number of rotatable bonds is 3. The molecule has 0 heterocycles. The van der Waals surface area contributed by atoms with Crippen LogP contribution in [0.5, 0.6) is 0 Å². The van der Waals surface area contributed by atoms with E-state index in [1.807, 2.05) is 7.05 Å². The van der Waals surface area contributed by atoms with Gasteiger partial charge in [0.15, 0.2) is 0 Å². The first-order chi connectivity index (χ1) is 9.84. The molecule has 0 aromatic heterocycles. The molecule has 0 bridgehead atoms. The highest BCUT2D eigenvalue weighted by molar-refractivity contribution is 9.10. The van der Waals surface area contributed by atoms with E-state index in [4.69, 9.17) is 5.73 Å². The third kappa shape index (κ3) is 3.72. The highest BCUT2D eigenvalue weighted by atomic mass is 79.9. The van der Waals surface area contributed by atoms with Gasteiger partial charge in [0.25, 0.3) is 0 Å². The predicted molar refractivity (Wildman–Crippen MR) is 82.3 cm³/mol. The van der Waals surface area contributed by atoms with Crippen LogP contribution in [0.3, 0.4) is 0 Å². The summed E-state index contributed by atoms with van der Waals surface area (Å²) in [4.78, 5) is 2.07. The zero-order valence-corrected chi connectivity index (χ0v) is 13.5. The molecular formula is C15H20BrF3N2. The van der Waals surface area contributed by atoms with Crippen LogP contribution in [0.2, 0.25) is 0 Å². The Bertz CT molecular complexity index is 490. The number of alkyl halides is 3. The van der Waals surface area contributed by atoms with E-state index in [-0.39, 0.29) is 6.04 Å². The second kappa shape index (κ2) is 6.57. The summed E-state index contributed by atoms with van der Waals surface area (Å²) in [7, 11) is 1.94. The van der Waals surface area contributed by atoms with Crippen LogP contribution >= 0.6 is 15.9 Å². The highest BCUT2D eigenvalue weighted by Crippen LogP contribution is 2.37. The van der Waals surface area contributed by atoms with Gasteiger partial charge in [0.2, 0.25) is 0 Å². The topological polar surface area (TPSA) is 29.3 Å². The average Bonchev–Trinajstić information content (AvgIpc) is 2.45. The summed E-state index contributed by atoms with van der Waals surface area (Å²) in [5.74, 6) is 0.401. The first kappa shape index (κ1) is 16.6. The number of benzene rings is 1. The van der Waals surface area contributed by atoms with E-state index in [9.17, 15) is 13.2 Å². The molecule has 0 spiro atoms. The van der Waals surface area contributed by atoms with Gasteiger partial charge >= 0.3 is 6.18 Å². The van der Waals surface area contributed by atoms with Crippen LogP contribution in [0.15, 0.2) is 22.7 Å². The number of nitrogens with zero attached hydrogens (tertiary/aromatic N) is 1. The van der Waals surface area contributed by atoms with Crippen molar-refractivity contribution in [2.24, 2.45) is 11.7 Å². The van der Waals surface area contributed by atoms with E-state index in [1.54, 1.807) is 0 Å². The van der Waals surface area contributed by atoms with Crippen LogP contribution in [-0.4, -0.2) is 19.6 Å². The van der Waals surface area contributed by atoms with Crippen molar-refractivity contribution >= 4 is 21.6 Å². The van der Waals surface area contributed by atoms with E-state index in [1.165, 1.54) is 12.5 Å². The molecule has 1 aliphatic rings. The molecule has 0 aliphatic heterocycles. The van der Waals surface area contributed by atoms with Crippen molar-refractivity contribution in [3.05, 3.63) is 28.2 Å². The fourth-order valence-electron chi connectivity index (χ4n) is 3.12. The largest absolute Gasteiger partial charge is 0.416 e. The number of nitrogens with two attached hydrogens (primary N) is 1. The summed E-state index contributed by atoms with van der Waals surface area (Å²) >= 11 is 3.28. The van der Waals surface area contributed by atoms with Gasteiger partial charge in [0.05, 0.1) is 11.3 Å². The smallest absolute Gasteiger partial charge is 0.370 e. The molecule has 1 aromatic carbocycles. The van der Waals surface area contributed by atoms with Crippen molar-refractivity contribution in [1.29, 1.82) is 0 Å². The Morgan fingerprint density at radius 3 is 2.52 bits per heavy atom. The molecule has 1 saturated carbocycles. The van der Waals surface area contributed by atoms with E-state index < -0.39 is 11.7 Å². The molecule has 1 fully saturated rings. The Morgan fingerprint density at radius 1 is 1.29 bits per heavy atom. The third-order valence-corrected chi connectivity index (χ3v) is 4.96. The lowest BCUT2D eigenvalue weighted by atomic mass is 9.83. The van der Waals surface area contributed by atoms with Gasteiger partial charge in [0.1, 0.15) is 0 Å². The van der Waals surface area contributed by atoms with Crippen molar-refractivity contribution in [2.75, 3.05) is 18.5 Å². The van der Waals surface area contributed by atoms with Gasteiger partial charge in [-0.3, -0.25) is 0 Å². The van der Waals surface area contributed by atoms with Crippen molar-refractivity contribution in [3.8, 4) is 0 Å². The third-order valence-electron chi connectivity index (χ3n) is 4.32. The molecule has 21 heavy (non-hydrogen) atoms. The summed E-state index contributed by atoms with van der Waals surface area (Å²) in [6.07, 6.45) is 0.129. The maximum absolute atomic E-state index is 12.7. The lowest BCUT2D eigenvalue weighted by molar-refractivity contribution is -0.137. The average molecular weight is 365 g/mol. The monoisotopic (exact) mass is 364 g/mol. The summed E-state index contributed by atoms with van der Waals surface area (Å²) in [6.45, 7) is 0.618. The van der Waals surface area contributed by atoms with E-state index in [2.05, 4.69) is 20.8 Å². The van der Waals surface area contributed by atoms with E-state index in [0.717, 1.165) is 37.1 Å². The van der Waals surface area contributed by atoms with Crippen LogP contribution in [0.4, 0.5) is 18.9 Å². The quantitative estimate of drug-likeness (QED) is 0.859. The van der Waals surface area contributed by atoms with Crippen LogP contribution in [-0.2, 0) is 6.18 Å². The lowest BCUT2D eigenvalue weighted by Gasteiger charge is -2.39. The molecule has 0 saturated heterocycles. The van der Waals surface area contributed by atoms with Crippen LogP contribution in [0, 0.1) is 5.92 Å². The van der Waals surface area contributed by atoms with Gasteiger partial charge in [-0.15, -0.1) is 0 Å². The van der Waals surface area contributed by atoms with Gasteiger partial charge in [-0.25, -0.2) is 0 Å². The van der Waals surface area contributed by atoms with Crippen LogP contribution in [0.25, 0.3) is 0 Å². The second-order valence-corrected chi connectivity index (χ2v) is 6.48. The molecular weight excluding hydrogens is 345 g/mol. The fourth-order valence-corrected chi connectivity index (χ4v) is 3.78. The molecule has 2 nitrogen and oxygen atoms in total. The Balaban J connectivity index is 2.24. The highest BCUT2D eigenvalue weighted by Gasteiger charge is 2.32. The summed E-state index contributed by atoms with van der Waals surface area (Å²) < 4.78 is 38.6. The van der Waals surface area contributed by atoms with Gasteiger partial charge in [-0.2, -0.15) is 13.2 Å². The summed E-state index contributed by atoms with van der Waals surface area (Å²) in [6, 6.07) is 4.11.